The molecule has 0 spiro atoms. The van der Waals surface area contributed by atoms with Gasteiger partial charge in [-0.25, -0.2) is 0 Å². The summed E-state index contributed by atoms with van der Waals surface area (Å²) in [7, 11) is 0. The Balaban J connectivity index is 1.67. The van der Waals surface area contributed by atoms with Crippen LogP contribution in [0.1, 0.15) is 41.8 Å². The molecule has 1 aromatic heterocycles. The van der Waals surface area contributed by atoms with Crippen molar-refractivity contribution in [2.24, 2.45) is 5.92 Å². The number of nitrogens with one attached hydrogen (secondary N) is 1. The first-order chi connectivity index (χ1) is 10.1. The summed E-state index contributed by atoms with van der Waals surface area (Å²) in [5.41, 5.74) is 6.72. The van der Waals surface area contributed by atoms with E-state index in [4.69, 9.17) is 5.73 Å². The summed E-state index contributed by atoms with van der Waals surface area (Å²) in [4.78, 5) is 12.9. The predicted molar refractivity (Wildman–Crippen MR) is 92.8 cm³/mol. The molecule has 0 bridgehead atoms. The maximum Gasteiger partial charge on any atom is 0.263 e. The molecule has 1 saturated carbocycles. The second kappa shape index (κ2) is 6.36. The van der Waals surface area contributed by atoms with Crippen LogP contribution >= 0.6 is 27.3 Å². The number of carbonyl (C=O) groups is 1. The lowest BCUT2D eigenvalue weighted by Crippen LogP contribution is -2.25. The molecule has 0 radical (unpaired) electrons. The van der Waals surface area contributed by atoms with E-state index in [2.05, 4.69) is 21.2 Å². The van der Waals surface area contributed by atoms with Gasteiger partial charge in [0.15, 0.2) is 0 Å². The van der Waals surface area contributed by atoms with E-state index in [9.17, 15) is 4.79 Å². The molecule has 2 aromatic rings. The van der Waals surface area contributed by atoms with E-state index in [0.717, 1.165) is 33.4 Å². The predicted octanol–water partition coefficient (Wildman–Crippen LogP) is 4.56. The highest BCUT2D eigenvalue weighted by Gasteiger charge is 2.18. The molecule has 1 heterocycles. The van der Waals surface area contributed by atoms with Gasteiger partial charge in [0, 0.05) is 21.1 Å². The molecule has 1 fully saturated rings. The number of halogens is 1. The van der Waals surface area contributed by atoms with Crippen LogP contribution in [0, 0.1) is 5.92 Å². The molecule has 1 amide bonds. The highest BCUT2D eigenvalue weighted by Crippen LogP contribution is 2.35. The molecule has 1 aliphatic carbocycles. The first kappa shape index (κ1) is 14.9. The van der Waals surface area contributed by atoms with Crippen LogP contribution in [0.25, 0.3) is 10.1 Å². The van der Waals surface area contributed by atoms with Gasteiger partial charge in [-0.1, -0.05) is 41.6 Å². The fourth-order valence-electron chi connectivity index (χ4n) is 3.03. The first-order valence-electron chi connectivity index (χ1n) is 7.41. The Kier molecular flexibility index (Phi) is 4.50. The molecular formula is C16H19BrN2OS. The van der Waals surface area contributed by atoms with Crippen molar-refractivity contribution in [2.75, 3.05) is 12.3 Å². The number of nitrogens with two attached hydrogens (primary N) is 1. The molecule has 3 rings (SSSR count). The molecule has 1 aliphatic rings. The average Bonchev–Trinajstić information content (AvgIpc) is 3.08. The van der Waals surface area contributed by atoms with Crippen molar-refractivity contribution in [3.8, 4) is 0 Å². The van der Waals surface area contributed by atoms with Crippen molar-refractivity contribution in [1.29, 1.82) is 0 Å². The van der Waals surface area contributed by atoms with Crippen molar-refractivity contribution in [1.82, 2.24) is 5.32 Å². The Morgan fingerprint density at radius 1 is 1.38 bits per heavy atom. The minimum atomic E-state index is -0.0391. The fraction of sp³-hybridized carbons (Fsp3) is 0.438. The van der Waals surface area contributed by atoms with Crippen LogP contribution in [0.5, 0.6) is 0 Å². The van der Waals surface area contributed by atoms with Gasteiger partial charge >= 0.3 is 0 Å². The topological polar surface area (TPSA) is 55.1 Å². The summed E-state index contributed by atoms with van der Waals surface area (Å²) in [6.07, 6.45) is 6.40. The maximum atomic E-state index is 12.3. The molecule has 0 atom stereocenters. The number of hydrogen-bond donors (Lipinski definition) is 2. The quantitative estimate of drug-likeness (QED) is 0.833. The Morgan fingerprint density at radius 2 is 2.14 bits per heavy atom. The van der Waals surface area contributed by atoms with Crippen LogP contribution in [0.2, 0.25) is 0 Å². The van der Waals surface area contributed by atoms with Gasteiger partial charge < -0.3 is 11.1 Å². The minimum Gasteiger partial charge on any atom is -0.397 e. The molecule has 0 aliphatic heterocycles. The Bertz CT molecular complexity index is 662. The fourth-order valence-corrected chi connectivity index (χ4v) is 4.41. The van der Waals surface area contributed by atoms with E-state index >= 15 is 0 Å². The zero-order valence-corrected chi connectivity index (χ0v) is 14.2. The number of benzene rings is 1. The summed E-state index contributed by atoms with van der Waals surface area (Å²) < 4.78 is 2.03. The van der Waals surface area contributed by atoms with Crippen LogP contribution in [0.15, 0.2) is 22.7 Å². The molecular weight excluding hydrogens is 348 g/mol. The summed E-state index contributed by atoms with van der Waals surface area (Å²) in [5.74, 6) is 0.754. The van der Waals surface area contributed by atoms with Crippen LogP contribution in [0.4, 0.5) is 5.69 Å². The standard InChI is InChI=1S/C16H19BrN2OS/c17-11-5-6-13-12(9-11)14(18)15(21-13)16(20)19-8-7-10-3-1-2-4-10/h5-6,9-10H,1-4,7-8,18H2,(H,19,20). The van der Waals surface area contributed by atoms with Crippen LogP contribution in [-0.2, 0) is 0 Å². The van der Waals surface area contributed by atoms with Crippen LogP contribution < -0.4 is 11.1 Å². The zero-order valence-electron chi connectivity index (χ0n) is 11.8. The molecule has 21 heavy (non-hydrogen) atoms. The third-order valence-corrected chi connectivity index (χ3v) is 5.89. The number of hydrogen-bond acceptors (Lipinski definition) is 3. The van der Waals surface area contributed by atoms with E-state index in [1.54, 1.807) is 0 Å². The van der Waals surface area contributed by atoms with Gasteiger partial charge in [-0.15, -0.1) is 11.3 Å². The number of fused-ring (bicyclic) bond motifs is 1. The summed E-state index contributed by atoms with van der Waals surface area (Å²) in [5, 5.41) is 3.98. The number of carbonyl (C=O) groups excluding carboxylic acids is 1. The van der Waals surface area contributed by atoms with E-state index in [1.807, 2.05) is 18.2 Å². The number of nitrogen functional groups attached to an aromatic ring is 1. The summed E-state index contributed by atoms with van der Waals surface area (Å²) >= 11 is 4.91. The van der Waals surface area contributed by atoms with Crippen molar-refractivity contribution in [2.45, 2.75) is 32.1 Å². The lowest BCUT2D eigenvalue weighted by atomic mass is 10.0. The van der Waals surface area contributed by atoms with Gasteiger partial charge in [0.2, 0.25) is 0 Å². The van der Waals surface area contributed by atoms with Gasteiger partial charge in [0.05, 0.1) is 5.69 Å². The number of thiophene rings is 1. The van der Waals surface area contributed by atoms with Gasteiger partial charge in [0.1, 0.15) is 4.88 Å². The van der Waals surface area contributed by atoms with Crippen LogP contribution in [0.3, 0.4) is 0 Å². The van der Waals surface area contributed by atoms with E-state index in [0.29, 0.717) is 10.6 Å². The SMILES string of the molecule is Nc1c(C(=O)NCCC2CCCC2)sc2ccc(Br)cc12. The number of amides is 1. The van der Waals surface area contributed by atoms with Gasteiger partial charge in [-0.05, 0) is 30.5 Å². The van der Waals surface area contributed by atoms with E-state index in [-0.39, 0.29) is 5.91 Å². The van der Waals surface area contributed by atoms with Gasteiger partial charge in [0.25, 0.3) is 5.91 Å². The van der Waals surface area contributed by atoms with Crippen molar-refractivity contribution < 1.29 is 4.79 Å². The summed E-state index contributed by atoms with van der Waals surface area (Å²) in [6.45, 7) is 0.751. The Hall–Kier alpha value is -1.07. The average molecular weight is 367 g/mol. The molecule has 0 saturated heterocycles. The van der Waals surface area contributed by atoms with E-state index in [1.165, 1.54) is 37.0 Å². The van der Waals surface area contributed by atoms with Crippen molar-refractivity contribution >= 4 is 48.9 Å². The molecule has 1 aromatic carbocycles. The van der Waals surface area contributed by atoms with E-state index < -0.39 is 0 Å². The van der Waals surface area contributed by atoms with Gasteiger partial charge in [-0.2, -0.15) is 0 Å². The van der Waals surface area contributed by atoms with Crippen molar-refractivity contribution in [3.63, 3.8) is 0 Å². The highest BCUT2D eigenvalue weighted by atomic mass is 79.9. The lowest BCUT2D eigenvalue weighted by molar-refractivity contribution is 0.0956. The zero-order chi connectivity index (χ0) is 14.8. The molecule has 3 N–H and O–H groups in total. The highest BCUT2D eigenvalue weighted by molar-refractivity contribution is 9.10. The second-order valence-electron chi connectivity index (χ2n) is 5.68. The monoisotopic (exact) mass is 366 g/mol. The second-order valence-corrected chi connectivity index (χ2v) is 7.65. The smallest absolute Gasteiger partial charge is 0.263 e. The first-order valence-corrected chi connectivity index (χ1v) is 9.02. The third kappa shape index (κ3) is 3.24. The lowest BCUT2D eigenvalue weighted by Gasteiger charge is -2.09. The summed E-state index contributed by atoms with van der Waals surface area (Å²) in [6, 6.07) is 5.94. The van der Waals surface area contributed by atoms with Crippen molar-refractivity contribution in [3.05, 3.63) is 27.5 Å². The largest absolute Gasteiger partial charge is 0.397 e. The van der Waals surface area contributed by atoms with Gasteiger partial charge in [-0.3, -0.25) is 4.79 Å². The number of anilines is 1. The third-order valence-electron chi connectivity index (χ3n) is 4.21. The molecule has 3 nitrogen and oxygen atoms in total. The Labute approximate surface area is 137 Å². The minimum absolute atomic E-state index is 0.0391. The normalized spacial score (nSPS) is 15.7. The maximum absolute atomic E-state index is 12.3. The number of rotatable bonds is 4. The van der Waals surface area contributed by atoms with Crippen LogP contribution in [-0.4, -0.2) is 12.5 Å². The molecule has 5 heteroatoms. The Morgan fingerprint density at radius 3 is 2.90 bits per heavy atom. The molecule has 0 unspecified atom stereocenters. The molecule has 112 valence electrons.